The van der Waals surface area contributed by atoms with Gasteiger partial charge in [0.25, 0.3) is 0 Å². The average molecular weight is 476 g/mol. The summed E-state index contributed by atoms with van der Waals surface area (Å²) in [7, 11) is -3.79. The molecule has 2 aromatic carbocycles. The van der Waals surface area contributed by atoms with Crippen LogP contribution in [0.4, 0.5) is 4.39 Å². The quantitative estimate of drug-likeness (QED) is 0.516. The van der Waals surface area contributed by atoms with Gasteiger partial charge < -0.3 is 10.6 Å². The molecule has 2 aromatic rings. The summed E-state index contributed by atoms with van der Waals surface area (Å²) >= 11 is 0. The summed E-state index contributed by atoms with van der Waals surface area (Å²) in [5, 5.41) is 5.60. The number of amides is 2. The molecule has 3 rings (SSSR count). The highest BCUT2D eigenvalue weighted by molar-refractivity contribution is 7.89. The number of nitrogens with one attached hydrogen (secondary N) is 2. The van der Waals surface area contributed by atoms with E-state index in [4.69, 9.17) is 0 Å². The smallest absolute Gasteiger partial charge is 0.243 e. The fourth-order valence-corrected chi connectivity index (χ4v) is 5.35. The third-order valence-corrected chi connectivity index (χ3v) is 7.54. The van der Waals surface area contributed by atoms with Crippen LogP contribution < -0.4 is 10.6 Å². The van der Waals surface area contributed by atoms with Crippen molar-refractivity contribution in [2.24, 2.45) is 5.92 Å². The number of rotatable bonds is 10. The number of nitrogens with zero attached hydrogens (tertiary/aromatic N) is 1. The van der Waals surface area contributed by atoms with E-state index in [-0.39, 0.29) is 36.2 Å². The van der Waals surface area contributed by atoms with Crippen molar-refractivity contribution < 1.29 is 22.4 Å². The number of carbonyl (C=O) groups is 2. The van der Waals surface area contributed by atoms with Crippen molar-refractivity contribution in [2.45, 2.75) is 37.0 Å². The fraction of sp³-hybridized carbons (Fsp3) is 0.417. The van der Waals surface area contributed by atoms with Gasteiger partial charge >= 0.3 is 0 Å². The molecule has 0 radical (unpaired) electrons. The number of piperidine rings is 1. The number of carbonyl (C=O) groups excluding carboxylic acids is 2. The van der Waals surface area contributed by atoms with E-state index in [1.807, 2.05) is 18.2 Å². The molecule has 1 aliphatic rings. The minimum Gasteiger partial charge on any atom is -0.356 e. The van der Waals surface area contributed by atoms with E-state index in [9.17, 15) is 22.4 Å². The Kier molecular flexibility index (Phi) is 8.96. The van der Waals surface area contributed by atoms with Crippen molar-refractivity contribution in [1.29, 1.82) is 0 Å². The third-order valence-electron chi connectivity index (χ3n) is 5.66. The highest BCUT2D eigenvalue weighted by atomic mass is 32.2. The van der Waals surface area contributed by atoms with E-state index < -0.39 is 21.8 Å². The molecular weight excluding hydrogens is 445 g/mol. The lowest BCUT2D eigenvalue weighted by atomic mass is 9.99. The van der Waals surface area contributed by atoms with Crippen LogP contribution in [0.3, 0.4) is 0 Å². The second-order valence-corrected chi connectivity index (χ2v) is 10.1. The van der Waals surface area contributed by atoms with E-state index in [2.05, 4.69) is 22.8 Å². The molecule has 178 valence electrons. The van der Waals surface area contributed by atoms with Crippen LogP contribution in [-0.2, 0) is 26.0 Å². The van der Waals surface area contributed by atoms with Crippen LogP contribution in [0.25, 0.3) is 0 Å². The van der Waals surface area contributed by atoms with Gasteiger partial charge in [0.1, 0.15) is 5.82 Å². The summed E-state index contributed by atoms with van der Waals surface area (Å²) < 4.78 is 40.0. The van der Waals surface area contributed by atoms with Crippen molar-refractivity contribution in [3.8, 4) is 0 Å². The molecule has 33 heavy (non-hydrogen) atoms. The molecule has 7 nitrogen and oxygen atoms in total. The lowest BCUT2D eigenvalue weighted by Crippen LogP contribution is -2.45. The van der Waals surface area contributed by atoms with E-state index >= 15 is 0 Å². The van der Waals surface area contributed by atoms with Crippen molar-refractivity contribution in [3.63, 3.8) is 0 Å². The summed E-state index contributed by atoms with van der Waals surface area (Å²) in [6, 6.07) is 14.7. The topological polar surface area (TPSA) is 95.6 Å². The molecule has 1 aliphatic heterocycles. The Labute approximate surface area is 194 Å². The summed E-state index contributed by atoms with van der Waals surface area (Å²) in [5.41, 5.74) is 1.22. The molecule has 2 amide bonds. The zero-order valence-electron chi connectivity index (χ0n) is 18.5. The lowest BCUT2D eigenvalue weighted by molar-refractivity contribution is -0.126. The first-order valence-corrected chi connectivity index (χ1v) is 12.6. The SMILES string of the molecule is O=C(CCNC(=O)[C@H]1CCCN(S(=O)(=O)c2ccc(F)cc2)C1)NCCCc1ccccc1. The molecule has 2 N–H and O–H groups in total. The minimum absolute atomic E-state index is 0.00823. The Balaban J connectivity index is 1.38. The third kappa shape index (κ3) is 7.36. The summed E-state index contributed by atoms with van der Waals surface area (Å²) in [5.74, 6) is -1.38. The maximum Gasteiger partial charge on any atom is 0.243 e. The molecule has 0 aliphatic carbocycles. The van der Waals surface area contributed by atoms with Gasteiger partial charge in [0.2, 0.25) is 21.8 Å². The van der Waals surface area contributed by atoms with Crippen molar-refractivity contribution in [3.05, 3.63) is 66.0 Å². The van der Waals surface area contributed by atoms with E-state index in [0.717, 1.165) is 25.0 Å². The van der Waals surface area contributed by atoms with Gasteiger partial charge in [-0.1, -0.05) is 30.3 Å². The Morgan fingerprint density at radius 1 is 1.00 bits per heavy atom. The first-order valence-electron chi connectivity index (χ1n) is 11.2. The summed E-state index contributed by atoms with van der Waals surface area (Å²) in [6.45, 7) is 1.15. The van der Waals surface area contributed by atoms with Gasteiger partial charge in [-0.3, -0.25) is 9.59 Å². The maximum absolute atomic E-state index is 13.1. The number of aryl methyl sites for hydroxylation is 1. The van der Waals surface area contributed by atoms with Crippen LogP contribution >= 0.6 is 0 Å². The Morgan fingerprint density at radius 3 is 2.45 bits per heavy atom. The molecule has 9 heteroatoms. The molecule has 1 saturated heterocycles. The van der Waals surface area contributed by atoms with Crippen LogP contribution in [0.15, 0.2) is 59.5 Å². The average Bonchev–Trinajstić information content (AvgIpc) is 2.83. The molecule has 0 unspecified atom stereocenters. The highest BCUT2D eigenvalue weighted by Gasteiger charge is 2.33. The zero-order chi connectivity index (χ0) is 23.7. The minimum atomic E-state index is -3.79. The van der Waals surface area contributed by atoms with E-state index in [0.29, 0.717) is 25.9 Å². The Morgan fingerprint density at radius 2 is 1.73 bits per heavy atom. The van der Waals surface area contributed by atoms with Gasteiger partial charge in [-0.05, 0) is 55.5 Å². The van der Waals surface area contributed by atoms with Gasteiger partial charge in [0.15, 0.2) is 0 Å². The number of hydrogen-bond acceptors (Lipinski definition) is 4. The van der Waals surface area contributed by atoms with Crippen LogP contribution in [0.1, 0.15) is 31.2 Å². The Bertz CT molecular complexity index is 1030. The van der Waals surface area contributed by atoms with Gasteiger partial charge in [0.05, 0.1) is 10.8 Å². The normalized spacial score (nSPS) is 16.8. The van der Waals surface area contributed by atoms with E-state index in [1.165, 1.54) is 22.0 Å². The number of benzene rings is 2. The number of halogens is 1. The van der Waals surface area contributed by atoms with Crippen molar-refractivity contribution >= 4 is 21.8 Å². The van der Waals surface area contributed by atoms with Gasteiger partial charge in [0, 0.05) is 32.6 Å². The van der Waals surface area contributed by atoms with Gasteiger partial charge in [-0.15, -0.1) is 0 Å². The monoisotopic (exact) mass is 475 g/mol. The van der Waals surface area contributed by atoms with Crippen molar-refractivity contribution in [1.82, 2.24) is 14.9 Å². The molecule has 0 aromatic heterocycles. The molecule has 0 saturated carbocycles. The second kappa shape index (κ2) is 11.9. The van der Waals surface area contributed by atoms with Crippen LogP contribution in [0.2, 0.25) is 0 Å². The number of hydrogen-bond donors (Lipinski definition) is 2. The molecule has 1 heterocycles. The predicted molar refractivity (Wildman–Crippen MR) is 123 cm³/mol. The summed E-state index contributed by atoms with van der Waals surface area (Å²) in [4.78, 5) is 24.5. The predicted octanol–water partition coefficient (Wildman–Crippen LogP) is 2.48. The first-order chi connectivity index (χ1) is 15.9. The van der Waals surface area contributed by atoms with Gasteiger partial charge in [-0.2, -0.15) is 4.31 Å². The van der Waals surface area contributed by atoms with E-state index in [1.54, 1.807) is 0 Å². The molecule has 1 atom stereocenters. The fourth-order valence-electron chi connectivity index (χ4n) is 3.83. The Hall–Kier alpha value is -2.78. The lowest BCUT2D eigenvalue weighted by Gasteiger charge is -2.31. The second-order valence-electron chi connectivity index (χ2n) is 8.14. The zero-order valence-corrected chi connectivity index (χ0v) is 19.3. The first kappa shape index (κ1) is 24.9. The largest absolute Gasteiger partial charge is 0.356 e. The van der Waals surface area contributed by atoms with Gasteiger partial charge in [-0.25, -0.2) is 12.8 Å². The van der Waals surface area contributed by atoms with Crippen molar-refractivity contribution in [2.75, 3.05) is 26.2 Å². The van der Waals surface area contributed by atoms with Crippen LogP contribution in [0.5, 0.6) is 0 Å². The molecule has 1 fully saturated rings. The maximum atomic E-state index is 13.1. The summed E-state index contributed by atoms with van der Waals surface area (Å²) in [6.07, 6.45) is 3.02. The highest BCUT2D eigenvalue weighted by Crippen LogP contribution is 2.24. The molecule has 0 spiro atoms. The molecular formula is C24H30FN3O4S. The van der Waals surface area contributed by atoms with Crippen LogP contribution in [0, 0.1) is 11.7 Å². The standard InChI is InChI=1S/C24H30FN3O4S/c25-21-10-12-22(13-11-21)33(31,32)28-17-5-9-20(18-28)24(30)27-16-14-23(29)26-15-4-8-19-6-2-1-3-7-19/h1-3,6-7,10-13,20H,4-5,8-9,14-18H2,(H,26,29)(H,27,30)/t20-/m0/s1. The molecule has 0 bridgehead atoms. The van der Waals surface area contributed by atoms with Crippen LogP contribution in [-0.4, -0.2) is 50.7 Å². The number of sulfonamides is 1.